The van der Waals surface area contributed by atoms with Gasteiger partial charge in [-0.3, -0.25) is 4.79 Å². The van der Waals surface area contributed by atoms with Crippen molar-refractivity contribution in [2.75, 3.05) is 13.1 Å². The first-order valence-corrected chi connectivity index (χ1v) is 7.57. The van der Waals surface area contributed by atoms with Gasteiger partial charge in [0, 0.05) is 24.6 Å². The topological polar surface area (TPSA) is 78.9 Å². The molecule has 21 heavy (non-hydrogen) atoms. The third kappa shape index (κ3) is 2.73. The van der Waals surface area contributed by atoms with Crippen LogP contribution >= 0.6 is 0 Å². The Morgan fingerprint density at radius 2 is 1.95 bits per heavy atom. The van der Waals surface area contributed by atoms with Crippen molar-refractivity contribution in [3.63, 3.8) is 0 Å². The molecule has 1 aliphatic carbocycles. The molecule has 5 heteroatoms. The highest BCUT2D eigenvalue weighted by atomic mass is 16.4. The largest absolute Gasteiger partial charge is 0.409 e. The molecule has 1 heterocycles. The van der Waals surface area contributed by atoms with Crippen LogP contribution in [-0.2, 0) is 12.8 Å². The van der Waals surface area contributed by atoms with E-state index in [1.54, 1.807) is 0 Å². The zero-order valence-electron chi connectivity index (χ0n) is 12.1. The van der Waals surface area contributed by atoms with Crippen LogP contribution in [0.5, 0.6) is 0 Å². The van der Waals surface area contributed by atoms with Crippen molar-refractivity contribution in [3.05, 3.63) is 34.9 Å². The lowest BCUT2D eigenvalue weighted by Crippen LogP contribution is -2.41. The highest BCUT2D eigenvalue weighted by Crippen LogP contribution is 2.25. The Labute approximate surface area is 124 Å². The van der Waals surface area contributed by atoms with Gasteiger partial charge in [-0.2, -0.15) is 0 Å². The van der Waals surface area contributed by atoms with E-state index >= 15 is 0 Å². The van der Waals surface area contributed by atoms with Gasteiger partial charge < -0.3 is 15.8 Å². The quantitative estimate of drug-likeness (QED) is 0.376. The maximum Gasteiger partial charge on any atom is 0.253 e. The van der Waals surface area contributed by atoms with Gasteiger partial charge in [-0.05, 0) is 55.4 Å². The minimum atomic E-state index is 0.0825. The number of hydrogen-bond donors (Lipinski definition) is 2. The number of oxime groups is 1. The van der Waals surface area contributed by atoms with Gasteiger partial charge in [0.05, 0.1) is 0 Å². The standard InChI is InChI=1S/C16H21N3O2/c17-15(18-21)12-6-8-19(9-7-12)16(20)14-5-4-11-2-1-3-13(11)10-14/h4-5,10,12,21H,1-3,6-9H2,(H2,17,18). The van der Waals surface area contributed by atoms with E-state index in [9.17, 15) is 4.79 Å². The summed E-state index contributed by atoms with van der Waals surface area (Å²) in [5.74, 6) is 0.460. The summed E-state index contributed by atoms with van der Waals surface area (Å²) in [6.07, 6.45) is 4.92. The van der Waals surface area contributed by atoms with E-state index in [1.807, 2.05) is 11.0 Å². The molecule has 1 aliphatic heterocycles. The summed E-state index contributed by atoms with van der Waals surface area (Å²) in [6.45, 7) is 1.33. The maximum absolute atomic E-state index is 12.6. The molecular weight excluding hydrogens is 266 g/mol. The van der Waals surface area contributed by atoms with Crippen LogP contribution < -0.4 is 5.73 Å². The van der Waals surface area contributed by atoms with Gasteiger partial charge in [-0.15, -0.1) is 0 Å². The van der Waals surface area contributed by atoms with Crippen molar-refractivity contribution in [3.8, 4) is 0 Å². The van der Waals surface area contributed by atoms with Crippen LogP contribution in [0.15, 0.2) is 23.4 Å². The molecule has 3 rings (SSSR count). The number of carbonyl (C=O) groups excluding carboxylic acids is 1. The second kappa shape index (κ2) is 5.76. The number of nitrogens with zero attached hydrogens (tertiary/aromatic N) is 2. The van der Waals surface area contributed by atoms with Gasteiger partial charge >= 0.3 is 0 Å². The van der Waals surface area contributed by atoms with Crippen LogP contribution in [0.4, 0.5) is 0 Å². The van der Waals surface area contributed by atoms with Gasteiger partial charge in [-0.1, -0.05) is 11.2 Å². The van der Waals surface area contributed by atoms with Gasteiger partial charge in [0.2, 0.25) is 0 Å². The highest BCUT2D eigenvalue weighted by Gasteiger charge is 2.26. The average molecular weight is 287 g/mol. The molecule has 3 N–H and O–H groups in total. The summed E-state index contributed by atoms with van der Waals surface area (Å²) in [7, 11) is 0. The third-order valence-electron chi connectivity index (χ3n) is 4.66. The van der Waals surface area contributed by atoms with Gasteiger partial charge in [0.1, 0.15) is 5.84 Å². The van der Waals surface area contributed by atoms with Crippen LogP contribution in [0, 0.1) is 5.92 Å². The lowest BCUT2D eigenvalue weighted by atomic mass is 9.95. The molecule has 112 valence electrons. The molecule has 1 saturated heterocycles. The van der Waals surface area contributed by atoms with E-state index in [2.05, 4.69) is 17.3 Å². The van der Waals surface area contributed by atoms with Crippen LogP contribution in [0.1, 0.15) is 40.7 Å². The van der Waals surface area contributed by atoms with E-state index in [4.69, 9.17) is 10.9 Å². The molecule has 0 spiro atoms. The summed E-state index contributed by atoms with van der Waals surface area (Å²) < 4.78 is 0. The summed E-state index contributed by atoms with van der Waals surface area (Å²) >= 11 is 0. The van der Waals surface area contributed by atoms with Crippen molar-refractivity contribution in [1.82, 2.24) is 4.90 Å². The highest BCUT2D eigenvalue weighted by molar-refractivity contribution is 5.94. The van der Waals surface area contributed by atoms with E-state index in [1.165, 1.54) is 17.5 Å². The second-order valence-electron chi connectivity index (χ2n) is 5.93. The maximum atomic E-state index is 12.6. The van der Waals surface area contributed by atoms with Gasteiger partial charge in [-0.25, -0.2) is 0 Å². The molecule has 1 amide bonds. The van der Waals surface area contributed by atoms with Crippen molar-refractivity contribution in [2.45, 2.75) is 32.1 Å². The van der Waals surface area contributed by atoms with Crippen LogP contribution in [0.3, 0.4) is 0 Å². The minimum absolute atomic E-state index is 0.0825. The number of nitrogens with two attached hydrogens (primary N) is 1. The zero-order valence-corrected chi connectivity index (χ0v) is 12.1. The molecular formula is C16H21N3O2. The Balaban J connectivity index is 1.67. The number of amides is 1. The number of carbonyl (C=O) groups is 1. The van der Waals surface area contributed by atoms with E-state index in [-0.39, 0.29) is 17.7 Å². The molecule has 5 nitrogen and oxygen atoms in total. The molecule has 0 bridgehead atoms. The molecule has 1 aromatic rings. The van der Waals surface area contributed by atoms with Crippen LogP contribution in [0.2, 0.25) is 0 Å². The van der Waals surface area contributed by atoms with Crippen molar-refractivity contribution in [2.24, 2.45) is 16.8 Å². The number of amidine groups is 1. The Hall–Kier alpha value is -2.04. The number of likely N-dealkylation sites (tertiary alicyclic amines) is 1. The minimum Gasteiger partial charge on any atom is -0.409 e. The van der Waals surface area contributed by atoms with E-state index in [0.29, 0.717) is 13.1 Å². The number of piperidine rings is 1. The van der Waals surface area contributed by atoms with Crippen LogP contribution in [-0.4, -0.2) is 34.9 Å². The van der Waals surface area contributed by atoms with E-state index in [0.717, 1.165) is 31.2 Å². The van der Waals surface area contributed by atoms with Crippen molar-refractivity contribution >= 4 is 11.7 Å². The molecule has 0 radical (unpaired) electrons. The summed E-state index contributed by atoms with van der Waals surface area (Å²) in [4.78, 5) is 14.4. The normalized spacial score (nSPS) is 19.6. The van der Waals surface area contributed by atoms with Crippen LogP contribution in [0.25, 0.3) is 0 Å². The number of benzene rings is 1. The SMILES string of the molecule is NC(=NO)C1CCN(C(=O)c2ccc3c(c2)CCC3)CC1. The van der Waals surface area contributed by atoms with Gasteiger partial charge in [0.15, 0.2) is 0 Å². The molecule has 0 aromatic heterocycles. The number of fused-ring (bicyclic) bond motifs is 1. The Morgan fingerprint density at radius 3 is 2.67 bits per heavy atom. The monoisotopic (exact) mass is 287 g/mol. The van der Waals surface area contributed by atoms with Crippen molar-refractivity contribution < 1.29 is 10.0 Å². The second-order valence-corrected chi connectivity index (χ2v) is 5.93. The van der Waals surface area contributed by atoms with Gasteiger partial charge in [0.25, 0.3) is 5.91 Å². The summed E-state index contributed by atoms with van der Waals surface area (Å²) in [5.41, 5.74) is 9.14. The van der Waals surface area contributed by atoms with Crippen molar-refractivity contribution in [1.29, 1.82) is 0 Å². The summed E-state index contributed by atoms with van der Waals surface area (Å²) in [5, 5.41) is 11.8. The Bertz CT molecular complexity index is 575. The molecule has 0 atom stereocenters. The fraction of sp³-hybridized carbons (Fsp3) is 0.500. The third-order valence-corrected chi connectivity index (χ3v) is 4.66. The Morgan fingerprint density at radius 1 is 1.24 bits per heavy atom. The smallest absolute Gasteiger partial charge is 0.253 e. The number of aryl methyl sites for hydroxylation is 2. The predicted molar refractivity (Wildman–Crippen MR) is 80.5 cm³/mol. The van der Waals surface area contributed by atoms with E-state index < -0.39 is 0 Å². The molecule has 1 fully saturated rings. The molecule has 0 unspecified atom stereocenters. The first-order chi connectivity index (χ1) is 10.2. The average Bonchev–Trinajstić information content (AvgIpc) is 3.01. The summed E-state index contributed by atoms with van der Waals surface area (Å²) in [6, 6.07) is 6.10. The first kappa shape index (κ1) is 13.9. The lowest BCUT2D eigenvalue weighted by molar-refractivity contribution is 0.0709. The first-order valence-electron chi connectivity index (χ1n) is 7.57. The Kier molecular flexibility index (Phi) is 3.82. The lowest BCUT2D eigenvalue weighted by Gasteiger charge is -2.31. The predicted octanol–water partition coefficient (Wildman–Crippen LogP) is 1.77. The molecule has 2 aliphatic rings. The fourth-order valence-electron chi connectivity index (χ4n) is 3.35. The zero-order chi connectivity index (χ0) is 14.8. The molecule has 1 aromatic carbocycles. The number of hydrogen-bond acceptors (Lipinski definition) is 3. The fourth-order valence-corrected chi connectivity index (χ4v) is 3.35. The molecule has 0 saturated carbocycles. The number of rotatable bonds is 2.